The number of esters is 1. The van der Waals surface area contributed by atoms with E-state index in [-0.39, 0.29) is 11.2 Å². The molecule has 0 amide bonds. The van der Waals surface area contributed by atoms with Crippen molar-refractivity contribution in [3.63, 3.8) is 0 Å². The van der Waals surface area contributed by atoms with Gasteiger partial charge in [-0.3, -0.25) is 4.79 Å². The minimum Gasteiger partial charge on any atom is -0.451 e. The Kier molecular flexibility index (Phi) is 5.86. The van der Waals surface area contributed by atoms with E-state index in [4.69, 9.17) is 4.74 Å². The van der Waals surface area contributed by atoms with Gasteiger partial charge in [0, 0.05) is 25.3 Å². The molecule has 0 aliphatic rings. The van der Waals surface area contributed by atoms with E-state index in [0.717, 1.165) is 11.3 Å². The maximum atomic E-state index is 12.5. The molecule has 0 aliphatic carbocycles. The summed E-state index contributed by atoms with van der Waals surface area (Å²) in [6, 6.07) is 14.6. The first-order chi connectivity index (χ1) is 12.1. The molecule has 0 heterocycles. The van der Waals surface area contributed by atoms with Crippen LogP contribution in [-0.4, -0.2) is 32.0 Å². The molecule has 0 saturated heterocycles. The summed E-state index contributed by atoms with van der Waals surface area (Å²) in [5.41, 5.74) is 3.14. The number of hydrogen-bond acceptors (Lipinski definition) is 4. The van der Waals surface area contributed by atoms with E-state index in [1.807, 2.05) is 43.3 Å². The van der Waals surface area contributed by atoms with E-state index in [9.17, 15) is 9.59 Å². The minimum atomic E-state index is -0.837. The van der Waals surface area contributed by atoms with Gasteiger partial charge in [0.1, 0.15) is 0 Å². The lowest BCUT2D eigenvalue weighted by Gasteiger charge is -2.19. The van der Waals surface area contributed by atoms with E-state index in [1.54, 1.807) is 31.2 Å². The van der Waals surface area contributed by atoms with Crippen LogP contribution in [0.25, 0.3) is 0 Å². The minimum absolute atomic E-state index is 0.0262. The quantitative estimate of drug-likeness (QED) is 0.587. The molecule has 4 nitrogen and oxygen atoms in total. The second kappa shape index (κ2) is 7.73. The molecular weight excluding hydrogens is 326 g/mol. The van der Waals surface area contributed by atoms with Gasteiger partial charge in [0.2, 0.25) is 5.78 Å². The summed E-state index contributed by atoms with van der Waals surface area (Å²) in [6.45, 7) is 7.97. The molecule has 2 aromatic rings. The van der Waals surface area contributed by atoms with Gasteiger partial charge >= 0.3 is 5.97 Å². The van der Waals surface area contributed by atoms with E-state index >= 15 is 0 Å². The van der Waals surface area contributed by atoms with Gasteiger partial charge in [-0.2, -0.15) is 0 Å². The number of hydrogen-bond donors (Lipinski definition) is 0. The van der Waals surface area contributed by atoms with Crippen molar-refractivity contribution < 1.29 is 14.3 Å². The van der Waals surface area contributed by atoms with E-state index < -0.39 is 12.1 Å². The Morgan fingerprint density at radius 3 is 1.85 bits per heavy atom. The van der Waals surface area contributed by atoms with Crippen molar-refractivity contribution >= 4 is 17.4 Å². The van der Waals surface area contributed by atoms with Crippen molar-refractivity contribution in [3.05, 3.63) is 65.2 Å². The average molecular weight is 353 g/mol. The molecule has 0 N–H and O–H groups in total. The number of rotatable bonds is 5. The fourth-order valence-electron chi connectivity index (χ4n) is 2.55. The summed E-state index contributed by atoms with van der Waals surface area (Å²) < 4.78 is 5.35. The van der Waals surface area contributed by atoms with Gasteiger partial charge in [-0.25, -0.2) is 4.79 Å². The topological polar surface area (TPSA) is 46.6 Å². The Balaban J connectivity index is 2.05. The fourth-order valence-corrected chi connectivity index (χ4v) is 2.55. The van der Waals surface area contributed by atoms with Crippen molar-refractivity contribution in [2.24, 2.45) is 0 Å². The number of anilines is 1. The number of carbonyl (C=O) groups excluding carboxylic acids is 2. The van der Waals surface area contributed by atoms with Crippen LogP contribution in [0.2, 0.25) is 0 Å². The zero-order valence-corrected chi connectivity index (χ0v) is 16.4. The van der Waals surface area contributed by atoms with Crippen LogP contribution in [0.1, 0.15) is 54.0 Å². The van der Waals surface area contributed by atoms with Crippen molar-refractivity contribution in [2.45, 2.75) is 39.2 Å². The highest BCUT2D eigenvalue weighted by Gasteiger charge is 2.21. The summed E-state index contributed by atoms with van der Waals surface area (Å²) in [6.07, 6.45) is -0.837. The third kappa shape index (κ3) is 4.72. The highest BCUT2D eigenvalue weighted by atomic mass is 16.5. The SMILES string of the molecule is C[C@@H](OC(=O)c1ccc(N(C)C)cc1)C(=O)c1ccc(C(C)(C)C)cc1. The first kappa shape index (κ1) is 19.7. The molecule has 0 radical (unpaired) electrons. The largest absolute Gasteiger partial charge is 0.451 e. The molecular formula is C22H27NO3. The third-order valence-corrected chi connectivity index (χ3v) is 4.31. The van der Waals surface area contributed by atoms with Crippen LogP contribution in [-0.2, 0) is 10.2 Å². The second-order valence-corrected chi connectivity index (χ2v) is 7.68. The monoisotopic (exact) mass is 353 g/mol. The molecule has 138 valence electrons. The Morgan fingerprint density at radius 2 is 1.38 bits per heavy atom. The molecule has 0 aromatic heterocycles. The van der Waals surface area contributed by atoms with Gasteiger partial charge in [-0.1, -0.05) is 45.0 Å². The van der Waals surface area contributed by atoms with E-state index in [0.29, 0.717) is 11.1 Å². The van der Waals surface area contributed by atoms with Gasteiger partial charge in [0.05, 0.1) is 5.56 Å². The van der Waals surface area contributed by atoms with Crippen LogP contribution in [0.15, 0.2) is 48.5 Å². The molecule has 1 atom stereocenters. The molecule has 0 aliphatic heterocycles. The van der Waals surface area contributed by atoms with Crippen LogP contribution in [0.3, 0.4) is 0 Å². The van der Waals surface area contributed by atoms with Crippen LogP contribution in [0, 0.1) is 0 Å². The van der Waals surface area contributed by atoms with Crippen molar-refractivity contribution in [1.29, 1.82) is 0 Å². The van der Waals surface area contributed by atoms with Gasteiger partial charge < -0.3 is 9.64 Å². The smallest absolute Gasteiger partial charge is 0.338 e. The summed E-state index contributed by atoms with van der Waals surface area (Å²) in [5.74, 6) is -0.703. The number of ether oxygens (including phenoxy) is 1. The van der Waals surface area contributed by atoms with Crippen molar-refractivity contribution in [1.82, 2.24) is 0 Å². The van der Waals surface area contributed by atoms with Gasteiger partial charge in [0.25, 0.3) is 0 Å². The third-order valence-electron chi connectivity index (χ3n) is 4.31. The van der Waals surface area contributed by atoms with Crippen molar-refractivity contribution in [2.75, 3.05) is 19.0 Å². The Morgan fingerprint density at radius 1 is 0.885 bits per heavy atom. The maximum Gasteiger partial charge on any atom is 0.338 e. The normalized spacial score (nSPS) is 12.4. The number of benzene rings is 2. The molecule has 26 heavy (non-hydrogen) atoms. The molecule has 4 heteroatoms. The number of Topliss-reactive ketones (excluding diaryl/α,β-unsaturated/α-hetero) is 1. The summed E-state index contributed by atoms with van der Waals surface area (Å²) >= 11 is 0. The number of ketones is 1. The Hall–Kier alpha value is -2.62. The maximum absolute atomic E-state index is 12.5. The van der Waals surface area contributed by atoms with Gasteiger partial charge in [-0.05, 0) is 42.2 Å². The van der Waals surface area contributed by atoms with Crippen LogP contribution in [0.4, 0.5) is 5.69 Å². The fraction of sp³-hybridized carbons (Fsp3) is 0.364. The van der Waals surface area contributed by atoms with Crippen molar-refractivity contribution in [3.8, 4) is 0 Å². The van der Waals surface area contributed by atoms with E-state index in [1.165, 1.54) is 0 Å². The molecule has 2 rings (SSSR count). The zero-order chi connectivity index (χ0) is 19.5. The number of nitrogens with zero attached hydrogens (tertiary/aromatic N) is 1. The lowest BCUT2D eigenvalue weighted by atomic mass is 9.86. The Labute approximate surface area is 155 Å². The van der Waals surface area contributed by atoms with Crippen LogP contribution in [0.5, 0.6) is 0 Å². The molecule has 0 bridgehead atoms. The first-order valence-electron chi connectivity index (χ1n) is 8.72. The van der Waals surface area contributed by atoms with Crippen LogP contribution < -0.4 is 4.90 Å². The highest BCUT2D eigenvalue weighted by Crippen LogP contribution is 2.23. The summed E-state index contributed by atoms with van der Waals surface area (Å²) in [4.78, 5) is 26.7. The highest BCUT2D eigenvalue weighted by molar-refractivity contribution is 6.01. The first-order valence-corrected chi connectivity index (χ1v) is 8.72. The average Bonchev–Trinajstić information content (AvgIpc) is 2.60. The molecule has 0 fully saturated rings. The molecule has 0 unspecified atom stereocenters. The zero-order valence-electron chi connectivity index (χ0n) is 16.4. The lowest BCUT2D eigenvalue weighted by molar-refractivity contribution is 0.0319. The summed E-state index contributed by atoms with van der Waals surface area (Å²) in [5, 5.41) is 0. The predicted molar refractivity (Wildman–Crippen MR) is 105 cm³/mol. The Bertz CT molecular complexity index is 769. The summed E-state index contributed by atoms with van der Waals surface area (Å²) in [7, 11) is 3.86. The molecule has 0 spiro atoms. The lowest BCUT2D eigenvalue weighted by Crippen LogP contribution is -2.24. The van der Waals surface area contributed by atoms with Gasteiger partial charge in [-0.15, -0.1) is 0 Å². The molecule has 0 saturated carbocycles. The number of carbonyl (C=O) groups is 2. The van der Waals surface area contributed by atoms with Gasteiger partial charge in [0.15, 0.2) is 6.10 Å². The predicted octanol–water partition coefficient (Wildman–Crippen LogP) is 4.48. The standard InChI is InChI=1S/C22H27NO3/c1-15(20(24)16-7-11-18(12-8-16)22(2,3)4)26-21(25)17-9-13-19(14-10-17)23(5)6/h7-15H,1-6H3/t15-/m1/s1. The second-order valence-electron chi connectivity index (χ2n) is 7.68. The molecule has 2 aromatic carbocycles. The van der Waals surface area contributed by atoms with E-state index in [2.05, 4.69) is 20.8 Å². The van der Waals surface area contributed by atoms with Crippen LogP contribution >= 0.6 is 0 Å².